The molecule has 0 unspecified atom stereocenters. The number of furan rings is 1. The van der Waals surface area contributed by atoms with Gasteiger partial charge < -0.3 is 9.73 Å². The molecule has 0 saturated heterocycles. The highest BCUT2D eigenvalue weighted by atomic mass is 16.3. The van der Waals surface area contributed by atoms with Crippen LogP contribution in [0.2, 0.25) is 0 Å². The molecule has 17 heavy (non-hydrogen) atoms. The fraction of sp³-hybridized carbons (Fsp3) is 0.333. The van der Waals surface area contributed by atoms with E-state index >= 15 is 0 Å². The molecule has 2 aromatic rings. The van der Waals surface area contributed by atoms with Crippen molar-refractivity contribution in [3.63, 3.8) is 0 Å². The Bertz CT molecular complexity index is 485. The smallest absolute Gasteiger partial charge is 0.125 e. The summed E-state index contributed by atoms with van der Waals surface area (Å²) in [5.74, 6) is 1.53. The topological polar surface area (TPSA) is 25.2 Å². The van der Waals surface area contributed by atoms with Gasteiger partial charge in [-0.1, -0.05) is 32.0 Å². The summed E-state index contributed by atoms with van der Waals surface area (Å²) in [5, 5.41) is 3.44. The van der Waals surface area contributed by atoms with Crippen molar-refractivity contribution in [1.29, 1.82) is 0 Å². The zero-order valence-corrected chi connectivity index (χ0v) is 10.7. The van der Waals surface area contributed by atoms with E-state index in [0.29, 0.717) is 5.92 Å². The highest BCUT2D eigenvalue weighted by Crippen LogP contribution is 2.24. The van der Waals surface area contributed by atoms with Gasteiger partial charge in [-0.3, -0.25) is 0 Å². The van der Waals surface area contributed by atoms with Crippen LogP contribution in [0.3, 0.4) is 0 Å². The van der Waals surface area contributed by atoms with Gasteiger partial charge in [-0.2, -0.15) is 0 Å². The lowest BCUT2D eigenvalue weighted by Crippen LogP contribution is -2.03. The third kappa shape index (κ3) is 2.70. The summed E-state index contributed by atoms with van der Waals surface area (Å²) in [4.78, 5) is 0. The molecule has 0 aliphatic rings. The van der Waals surface area contributed by atoms with Crippen LogP contribution in [0.1, 0.15) is 36.7 Å². The van der Waals surface area contributed by atoms with Crippen LogP contribution in [0.5, 0.6) is 0 Å². The summed E-state index contributed by atoms with van der Waals surface area (Å²) in [6.07, 6.45) is 1.74. The maximum Gasteiger partial charge on any atom is 0.125 e. The molecular weight excluding hydrogens is 210 g/mol. The summed E-state index contributed by atoms with van der Waals surface area (Å²) in [5.41, 5.74) is 3.73. The Kier molecular flexibility index (Phi) is 3.52. The van der Waals surface area contributed by atoms with Gasteiger partial charge >= 0.3 is 0 Å². The average molecular weight is 229 g/mol. The highest BCUT2D eigenvalue weighted by Gasteiger charge is 2.06. The molecule has 0 fully saturated rings. The Hall–Kier alpha value is -1.70. The van der Waals surface area contributed by atoms with Crippen molar-refractivity contribution in [3.05, 3.63) is 53.5 Å². The van der Waals surface area contributed by atoms with Crippen LogP contribution < -0.4 is 5.32 Å². The zero-order valence-electron chi connectivity index (χ0n) is 10.7. The maximum absolute atomic E-state index is 5.42. The molecular formula is C15H19NO. The molecule has 0 atom stereocenters. The van der Waals surface area contributed by atoms with Crippen molar-refractivity contribution >= 4 is 5.69 Å². The third-order valence-electron chi connectivity index (χ3n) is 2.99. The third-order valence-corrected chi connectivity index (χ3v) is 2.99. The first-order valence-corrected chi connectivity index (χ1v) is 6.04. The van der Waals surface area contributed by atoms with Gasteiger partial charge in [0.1, 0.15) is 5.76 Å². The van der Waals surface area contributed by atoms with Gasteiger partial charge in [-0.15, -0.1) is 0 Å². The summed E-state index contributed by atoms with van der Waals surface area (Å²) < 4.78 is 5.42. The molecule has 1 aromatic carbocycles. The number of benzene rings is 1. The van der Waals surface area contributed by atoms with Crippen LogP contribution in [0.15, 0.2) is 41.0 Å². The molecule has 0 spiro atoms. The number of hydrogen-bond acceptors (Lipinski definition) is 2. The van der Waals surface area contributed by atoms with Crippen molar-refractivity contribution in [2.24, 2.45) is 0 Å². The molecule has 2 nitrogen and oxygen atoms in total. The molecule has 90 valence electrons. The molecule has 0 aliphatic heterocycles. The lowest BCUT2D eigenvalue weighted by molar-refractivity contribution is 0.515. The fourth-order valence-electron chi connectivity index (χ4n) is 1.92. The van der Waals surface area contributed by atoms with Gasteiger partial charge in [-0.25, -0.2) is 0 Å². The number of anilines is 1. The normalized spacial score (nSPS) is 10.8. The van der Waals surface area contributed by atoms with Crippen molar-refractivity contribution in [3.8, 4) is 0 Å². The van der Waals surface area contributed by atoms with E-state index in [9.17, 15) is 0 Å². The molecule has 2 rings (SSSR count). The number of hydrogen-bond donors (Lipinski definition) is 1. The summed E-state index contributed by atoms with van der Waals surface area (Å²) >= 11 is 0. The molecule has 0 radical (unpaired) electrons. The molecule has 0 amide bonds. The quantitative estimate of drug-likeness (QED) is 0.844. The Morgan fingerprint density at radius 3 is 2.59 bits per heavy atom. The minimum Gasteiger partial charge on any atom is -0.467 e. The first kappa shape index (κ1) is 11.8. The zero-order chi connectivity index (χ0) is 12.3. The van der Waals surface area contributed by atoms with Crippen LogP contribution >= 0.6 is 0 Å². The fourth-order valence-corrected chi connectivity index (χ4v) is 1.92. The molecule has 1 aromatic heterocycles. The SMILES string of the molecule is Cc1ccoc1CNc1ccccc1C(C)C. The Balaban J connectivity index is 2.11. The Labute approximate surface area is 103 Å². The second-order valence-electron chi connectivity index (χ2n) is 4.62. The van der Waals surface area contributed by atoms with Crippen LogP contribution in [0, 0.1) is 6.92 Å². The predicted molar refractivity (Wildman–Crippen MR) is 71.3 cm³/mol. The van der Waals surface area contributed by atoms with E-state index in [1.165, 1.54) is 16.8 Å². The van der Waals surface area contributed by atoms with Crippen molar-refractivity contribution < 1.29 is 4.42 Å². The van der Waals surface area contributed by atoms with Crippen molar-refractivity contribution in [1.82, 2.24) is 0 Å². The number of rotatable bonds is 4. The number of para-hydroxylation sites is 1. The van der Waals surface area contributed by atoms with E-state index in [0.717, 1.165) is 12.3 Å². The van der Waals surface area contributed by atoms with Crippen LogP contribution in [-0.2, 0) is 6.54 Å². The molecule has 0 aliphatic carbocycles. The molecule has 2 heteroatoms. The van der Waals surface area contributed by atoms with Crippen LogP contribution in [0.4, 0.5) is 5.69 Å². The van der Waals surface area contributed by atoms with E-state index in [4.69, 9.17) is 4.42 Å². The van der Waals surface area contributed by atoms with Gasteiger partial charge in [0.15, 0.2) is 0 Å². The minimum atomic E-state index is 0.524. The molecule has 0 saturated carbocycles. The van der Waals surface area contributed by atoms with Gasteiger partial charge in [-0.05, 0) is 36.1 Å². The highest BCUT2D eigenvalue weighted by molar-refractivity contribution is 5.52. The molecule has 0 bridgehead atoms. The van der Waals surface area contributed by atoms with Crippen LogP contribution in [0.25, 0.3) is 0 Å². The number of aryl methyl sites for hydroxylation is 1. The van der Waals surface area contributed by atoms with Gasteiger partial charge in [0.25, 0.3) is 0 Å². The lowest BCUT2D eigenvalue weighted by Gasteiger charge is -2.13. The van der Waals surface area contributed by atoms with Crippen LogP contribution in [-0.4, -0.2) is 0 Å². The first-order chi connectivity index (χ1) is 8.18. The summed E-state index contributed by atoms with van der Waals surface area (Å²) in [7, 11) is 0. The van der Waals surface area contributed by atoms with E-state index < -0.39 is 0 Å². The predicted octanol–water partition coefficient (Wildman–Crippen LogP) is 4.32. The molecule has 1 N–H and O–H groups in total. The van der Waals surface area contributed by atoms with Gasteiger partial charge in [0.2, 0.25) is 0 Å². The Morgan fingerprint density at radius 2 is 1.94 bits per heavy atom. The van der Waals surface area contributed by atoms with E-state index in [2.05, 4.69) is 50.4 Å². The monoisotopic (exact) mass is 229 g/mol. The maximum atomic E-state index is 5.42. The second-order valence-corrected chi connectivity index (χ2v) is 4.62. The van der Waals surface area contributed by atoms with Gasteiger partial charge in [0.05, 0.1) is 12.8 Å². The standard InChI is InChI=1S/C15H19NO/c1-11(2)13-6-4-5-7-14(13)16-10-15-12(3)8-9-17-15/h4-9,11,16H,10H2,1-3H3. The second kappa shape index (κ2) is 5.09. The van der Waals surface area contributed by atoms with Crippen molar-refractivity contribution in [2.45, 2.75) is 33.2 Å². The minimum absolute atomic E-state index is 0.524. The first-order valence-electron chi connectivity index (χ1n) is 6.04. The molecule has 1 heterocycles. The number of nitrogens with one attached hydrogen (secondary N) is 1. The van der Waals surface area contributed by atoms with E-state index in [1.54, 1.807) is 6.26 Å². The lowest BCUT2D eigenvalue weighted by atomic mass is 10.0. The largest absolute Gasteiger partial charge is 0.467 e. The van der Waals surface area contributed by atoms with E-state index in [1.807, 2.05) is 6.07 Å². The average Bonchev–Trinajstić information content (AvgIpc) is 2.72. The van der Waals surface area contributed by atoms with Gasteiger partial charge in [0, 0.05) is 5.69 Å². The summed E-state index contributed by atoms with van der Waals surface area (Å²) in [6, 6.07) is 10.4. The summed E-state index contributed by atoms with van der Waals surface area (Å²) in [6.45, 7) is 7.22. The van der Waals surface area contributed by atoms with E-state index in [-0.39, 0.29) is 0 Å². The van der Waals surface area contributed by atoms with Crippen molar-refractivity contribution in [2.75, 3.05) is 5.32 Å². The Morgan fingerprint density at radius 1 is 1.18 bits per heavy atom.